The SMILES string of the molecule is CC(C)OCC1CN(C)C1. The van der Waals surface area contributed by atoms with Crippen molar-refractivity contribution in [2.45, 2.75) is 20.0 Å². The number of ether oxygens (including phenoxy) is 1. The van der Waals surface area contributed by atoms with Gasteiger partial charge in [0.25, 0.3) is 0 Å². The van der Waals surface area contributed by atoms with Gasteiger partial charge in [0, 0.05) is 19.0 Å². The minimum atomic E-state index is 0.394. The molecule has 0 aromatic rings. The van der Waals surface area contributed by atoms with Crippen molar-refractivity contribution in [2.24, 2.45) is 5.92 Å². The summed E-state index contributed by atoms with van der Waals surface area (Å²) in [5.74, 6) is 0.799. The minimum absolute atomic E-state index is 0.394. The zero-order valence-corrected chi connectivity index (χ0v) is 7.13. The Labute approximate surface area is 63.2 Å². The summed E-state index contributed by atoms with van der Waals surface area (Å²) in [7, 11) is 2.14. The maximum absolute atomic E-state index is 5.47. The Morgan fingerprint density at radius 1 is 1.50 bits per heavy atom. The van der Waals surface area contributed by atoms with E-state index in [0.29, 0.717) is 6.10 Å². The van der Waals surface area contributed by atoms with Gasteiger partial charge >= 0.3 is 0 Å². The summed E-state index contributed by atoms with van der Waals surface area (Å²) < 4.78 is 5.47. The lowest BCUT2D eigenvalue weighted by Gasteiger charge is -2.36. The van der Waals surface area contributed by atoms with Crippen molar-refractivity contribution in [2.75, 3.05) is 26.7 Å². The molecule has 0 aliphatic carbocycles. The fraction of sp³-hybridized carbons (Fsp3) is 1.00. The second kappa shape index (κ2) is 3.35. The summed E-state index contributed by atoms with van der Waals surface area (Å²) in [6.45, 7) is 7.55. The molecule has 2 nitrogen and oxygen atoms in total. The van der Waals surface area contributed by atoms with Crippen LogP contribution in [0.3, 0.4) is 0 Å². The number of hydrogen-bond acceptors (Lipinski definition) is 2. The van der Waals surface area contributed by atoms with E-state index in [2.05, 4.69) is 25.8 Å². The van der Waals surface area contributed by atoms with Gasteiger partial charge in [-0.1, -0.05) is 0 Å². The highest BCUT2D eigenvalue weighted by Gasteiger charge is 2.22. The van der Waals surface area contributed by atoms with Crippen LogP contribution in [0.1, 0.15) is 13.8 Å². The van der Waals surface area contributed by atoms with Crippen LogP contribution in [0.25, 0.3) is 0 Å². The first kappa shape index (κ1) is 8.02. The maximum Gasteiger partial charge on any atom is 0.0522 e. The van der Waals surface area contributed by atoms with E-state index in [1.807, 2.05) is 0 Å². The molecule has 1 aliphatic heterocycles. The predicted molar refractivity (Wildman–Crippen MR) is 42.1 cm³/mol. The molecule has 0 saturated carbocycles. The van der Waals surface area contributed by atoms with Gasteiger partial charge in [-0.3, -0.25) is 0 Å². The van der Waals surface area contributed by atoms with Crippen LogP contribution >= 0.6 is 0 Å². The zero-order chi connectivity index (χ0) is 7.56. The first-order valence-electron chi connectivity index (χ1n) is 3.98. The Bertz CT molecular complexity index is 97.4. The van der Waals surface area contributed by atoms with Gasteiger partial charge in [-0.15, -0.1) is 0 Å². The highest BCUT2D eigenvalue weighted by Crippen LogP contribution is 2.13. The third kappa shape index (κ3) is 2.27. The molecule has 0 aromatic heterocycles. The van der Waals surface area contributed by atoms with Gasteiger partial charge in [0.2, 0.25) is 0 Å². The van der Waals surface area contributed by atoms with E-state index >= 15 is 0 Å². The third-order valence-electron chi connectivity index (χ3n) is 1.81. The van der Waals surface area contributed by atoms with E-state index in [1.54, 1.807) is 0 Å². The minimum Gasteiger partial charge on any atom is -0.378 e. The Hall–Kier alpha value is -0.0800. The molecular formula is C8H17NO. The smallest absolute Gasteiger partial charge is 0.0522 e. The van der Waals surface area contributed by atoms with Crippen molar-refractivity contribution >= 4 is 0 Å². The molecule has 1 rings (SSSR count). The number of likely N-dealkylation sites (tertiary alicyclic amines) is 1. The molecule has 0 unspecified atom stereocenters. The fourth-order valence-electron chi connectivity index (χ4n) is 1.26. The zero-order valence-electron chi connectivity index (χ0n) is 7.13. The number of rotatable bonds is 3. The largest absolute Gasteiger partial charge is 0.378 e. The molecule has 1 heterocycles. The molecular weight excluding hydrogens is 126 g/mol. The lowest BCUT2D eigenvalue weighted by molar-refractivity contribution is 0.000160. The van der Waals surface area contributed by atoms with E-state index in [0.717, 1.165) is 12.5 Å². The normalized spacial score (nSPS) is 21.6. The second-order valence-electron chi connectivity index (χ2n) is 3.47. The Balaban J connectivity index is 1.95. The summed E-state index contributed by atoms with van der Waals surface area (Å²) >= 11 is 0. The average Bonchev–Trinajstić information content (AvgIpc) is 1.77. The number of hydrogen-bond donors (Lipinski definition) is 0. The topological polar surface area (TPSA) is 12.5 Å². The molecule has 0 N–H and O–H groups in total. The van der Waals surface area contributed by atoms with Crippen LogP contribution in [0, 0.1) is 5.92 Å². The summed E-state index contributed by atoms with van der Waals surface area (Å²) in [5, 5.41) is 0. The molecule has 0 radical (unpaired) electrons. The highest BCUT2D eigenvalue weighted by atomic mass is 16.5. The molecule has 1 saturated heterocycles. The Kier molecular flexibility index (Phi) is 2.69. The third-order valence-corrected chi connectivity index (χ3v) is 1.81. The molecule has 1 aliphatic rings. The summed E-state index contributed by atoms with van der Waals surface area (Å²) in [6.07, 6.45) is 0.394. The first-order valence-corrected chi connectivity index (χ1v) is 3.98. The first-order chi connectivity index (χ1) is 4.68. The number of nitrogens with zero attached hydrogens (tertiary/aromatic N) is 1. The molecule has 2 heteroatoms. The van der Waals surface area contributed by atoms with Gasteiger partial charge in [-0.2, -0.15) is 0 Å². The van der Waals surface area contributed by atoms with Crippen molar-refractivity contribution in [3.8, 4) is 0 Å². The molecule has 0 atom stereocenters. The van der Waals surface area contributed by atoms with Gasteiger partial charge in [0.05, 0.1) is 12.7 Å². The molecule has 60 valence electrons. The molecule has 1 fully saturated rings. The van der Waals surface area contributed by atoms with E-state index < -0.39 is 0 Å². The quantitative estimate of drug-likeness (QED) is 0.584. The summed E-state index contributed by atoms with van der Waals surface area (Å²) in [4.78, 5) is 2.31. The van der Waals surface area contributed by atoms with Crippen LogP contribution in [0.4, 0.5) is 0 Å². The highest BCUT2D eigenvalue weighted by molar-refractivity contribution is 4.76. The average molecular weight is 143 g/mol. The van der Waals surface area contributed by atoms with Crippen LogP contribution in [-0.2, 0) is 4.74 Å². The molecule has 0 bridgehead atoms. The predicted octanol–water partition coefficient (Wildman–Crippen LogP) is 0.973. The van der Waals surface area contributed by atoms with Gasteiger partial charge in [0.1, 0.15) is 0 Å². The van der Waals surface area contributed by atoms with Crippen molar-refractivity contribution < 1.29 is 4.74 Å². The van der Waals surface area contributed by atoms with Gasteiger partial charge < -0.3 is 9.64 Å². The Morgan fingerprint density at radius 2 is 2.10 bits per heavy atom. The van der Waals surface area contributed by atoms with E-state index in [1.165, 1.54) is 13.1 Å². The van der Waals surface area contributed by atoms with Crippen LogP contribution in [-0.4, -0.2) is 37.7 Å². The van der Waals surface area contributed by atoms with Crippen LogP contribution < -0.4 is 0 Å². The monoisotopic (exact) mass is 143 g/mol. The molecule has 0 aromatic carbocycles. The Morgan fingerprint density at radius 3 is 2.50 bits per heavy atom. The van der Waals surface area contributed by atoms with Crippen molar-refractivity contribution in [3.63, 3.8) is 0 Å². The van der Waals surface area contributed by atoms with Crippen LogP contribution in [0.15, 0.2) is 0 Å². The van der Waals surface area contributed by atoms with Crippen LogP contribution in [0.5, 0.6) is 0 Å². The fourth-order valence-corrected chi connectivity index (χ4v) is 1.26. The van der Waals surface area contributed by atoms with Gasteiger partial charge in [0.15, 0.2) is 0 Å². The molecule has 0 amide bonds. The van der Waals surface area contributed by atoms with Crippen molar-refractivity contribution in [3.05, 3.63) is 0 Å². The van der Waals surface area contributed by atoms with Crippen molar-refractivity contribution in [1.82, 2.24) is 4.90 Å². The maximum atomic E-state index is 5.47. The van der Waals surface area contributed by atoms with E-state index in [-0.39, 0.29) is 0 Å². The lowest BCUT2D eigenvalue weighted by atomic mass is 10.0. The summed E-state index contributed by atoms with van der Waals surface area (Å²) in [5.41, 5.74) is 0. The lowest BCUT2D eigenvalue weighted by Crippen LogP contribution is -2.46. The standard InChI is InChI=1S/C8H17NO/c1-7(2)10-6-8-4-9(3)5-8/h7-8H,4-6H2,1-3H3. The van der Waals surface area contributed by atoms with E-state index in [9.17, 15) is 0 Å². The van der Waals surface area contributed by atoms with Crippen molar-refractivity contribution in [1.29, 1.82) is 0 Å². The van der Waals surface area contributed by atoms with Crippen LogP contribution in [0.2, 0.25) is 0 Å². The van der Waals surface area contributed by atoms with Gasteiger partial charge in [-0.25, -0.2) is 0 Å². The summed E-state index contributed by atoms with van der Waals surface area (Å²) in [6, 6.07) is 0. The van der Waals surface area contributed by atoms with Gasteiger partial charge in [-0.05, 0) is 20.9 Å². The second-order valence-corrected chi connectivity index (χ2v) is 3.47. The molecule has 10 heavy (non-hydrogen) atoms. The van der Waals surface area contributed by atoms with E-state index in [4.69, 9.17) is 4.74 Å². The molecule has 0 spiro atoms.